The molecule has 3 rings (SSSR count). The standard InChI is InChI=1S/C17H27N5O2/c1-3-17(24)16-9-15-12-20(5-4-6-22(15)19-16)10-14-11-21(7-8-23)18-13(14)2/h9,11,17,23-24H,3-8,10,12H2,1-2H3/t17-/m0/s1. The van der Waals surface area contributed by atoms with Crippen LogP contribution < -0.4 is 0 Å². The Bertz CT molecular complexity index is 679. The number of fused-ring (bicyclic) bond motifs is 1. The van der Waals surface area contributed by atoms with Crippen molar-refractivity contribution in [1.29, 1.82) is 0 Å². The summed E-state index contributed by atoms with van der Waals surface area (Å²) in [6.45, 7) is 8.19. The predicted octanol–water partition coefficient (Wildman–Crippen LogP) is 1.23. The average molecular weight is 333 g/mol. The van der Waals surface area contributed by atoms with Gasteiger partial charge in [-0.15, -0.1) is 0 Å². The monoisotopic (exact) mass is 333 g/mol. The third-order valence-electron chi connectivity index (χ3n) is 4.61. The summed E-state index contributed by atoms with van der Waals surface area (Å²) in [4.78, 5) is 2.40. The van der Waals surface area contributed by atoms with E-state index < -0.39 is 6.10 Å². The highest BCUT2D eigenvalue weighted by atomic mass is 16.3. The summed E-state index contributed by atoms with van der Waals surface area (Å²) in [7, 11) is 0. The van der Waals surface area contributed by atoms with Crippen molar-refractivity contribution in [3.63, 3.8) is 0 Å². The summed E-state index contributed by atoms with van der Waals surface area (Å²) in [5, 5.41) is 28.1. The van der Waals surface area contributed by atoms with E-state index in [1.54, 1.807) is 0 Å². The van der Waals surface area contributed by atoms with Crippen LogP contribution in [0.15, 0.2) is 12.3 Å². The second kappa shape index (κ2) is 7.46. The Hall–Kier alpha value is -1.70. The highest BCUT2D eigenvalue weighted by molar-refractivity contribution is 5.17. The van der Waals surface area contributed by atoms with Crippen LogP contribution in [0.25, 0.3) is 0 Å². The minimum atomic E-state index is -0.475. The Kier molecular flexibility index (Phi) is 5.33. The number of nitrogens with zero attached hydrogens (tertiary/aromatic N) is 5. The van der Waals surface area contributed by atoms with Crippen LogP contribution >= 0.6 is 0 Å². The van der Waals surface area contributed by atoms with E-state index in [0.29, 0.717) is 13.0 Å². The van der Waals surface area contributed by atoms with Gasteiger partial charge in [0.15, 0.2) is 0 Å². The lowest BCUT2D eigenvalue weighted by Crippen LogP contribution is -2.23. The van der Waals surface area contributed by atoms with Gasteiger partial charge in [-0.25, -0.2) is 0 Å². The van der Waals surface area contributed by atoms with E-state index in [1.165, 1.54) is 5.56 Å². The largest absolute Gasteiger partial charge is 0.394 e. The number of rotatable bonds is 6. The van der Waals surface area contributed by atoms with Crippen LogP contribution in [0.1, 0.15) is 48.5 Å². The molecular formula is C17H27N5O2. The van der Waals surface area contributed by atoms with Gasteiger partial charge >= 0.3 is 0 Å². The Labute approximate surface area is 142 Å². The molecule has 0 bridgehead atoms. The topological polar surface area (TPSA) is 79.3 Å². The van der Waals surface area contributed by atoms with Crippen molar-refractivity contribution in [3.05, 3.63) is 34.9 Å². The summed E-state index contributed by atoms with van der Waals surface area (Å²) >= 11 is 0. The van der Waals surface area contributed by atoms with Crippen molar-refractivity contribution >= 4 is 0 Å². The van der Waals surface area contributed by atoms with E-state index in [0.717, 1.165) is 49.7 Å². The molecule has 2 aromatic heterocycles. The normalized spacial score (nSPS) is 16.8. The minimum absolute atomic E-state index is 0.103. The Balaban J connectivity index is 1.72. The molecule has 1 atom stereocenters. The van der Waals surface area contributed by atoms with Crippen molar-refractivity contribution < 1.29 is 10.2 Å². The summed E-state index contributed by atoms with van der Waals surface area (Å²) in [6, 6.07) is 2.04. The Morgan fingerprint density at radius 2 is 2.12 bits per heavy atom. The van der Waals surface area contributed by atoms with Gasteiger partial charge < -0.3 is 10.2 Å². The van der Waals surface area contributed by atoms with Crippen LogP contribution in [0.3, 0.4) is 0 Å². The Morgan fingerprint density at radius 1 is 1.29 bits per heavy atom. The third-order valence-corrected chi connectivity index (χ3v) is 4.61. The van der Waals surface area contributed by atoms with Crippen LogP contribution in [-0.2, 0) is 26.2 Å². The number of aromatic nitrogens is 4. The first-order valence-electron chi connectivity index (χ1n) is 8.71. The molecule has 24 heavy (non-hydrogen) atoms. The van der Waals surface area contributed by atoms with E-state index in [4.69, 9.17) is 5.11 Å². The summed E-state index contributed by atoms with van der Waals surface area (Å²) < 4.78 is 3.85. The molecule has 0 saturated heterocycles. The molecule has 2 N–H and O–H groups in total. The molecule has 1 aliphatic rings. The van der Waals surface area contributed by atoms with Gasteiger partial charge in [0.25, 0.3) is 0 Å². The van der Waals surface area contributed by atoms with E-state index in [9.17, 15) is 5.11 Å². The second-order valence-electron chi connectivity index (χ2n) is 6.50. The molecule has 2 aromatic rings. The average Bonchev–Trinajstić information content (AvgIpc) is 3.05. The van der Waals surface area contributed by atoms with Crippen LogP contribution in [0.2, 0.25) is 0 Å². The van der Waals surface area contributed by atoms with E-state index in [-0.39, 0.29) is 6.61 Å². The highest BCUT2D eigenvalue weighted by Crippen LogP contribution is 2.21. The van der Waals surface area contributed by atoms with Crippen LogP contribution in [0.5, 0.6) is 0 Å². The van der Waals surface area contributed by atoms with Crippen molar-refractivity contribution in [3.8, 4) is 0 Å². The number of hydrogen-bond acceptors (Lipinski definition) is 5. The molecule has 0 unspecified atom stereocenters. The van der Waals surface area contributed by atoms with E-state index >= 15 is 0 Å². The van der Waals surface area contributed by atoms with Gasteiger partial charge in [-0.05, 0) is 25.8 Å². The first kappa shape index (κ1) is 17.1. The van der Waals surface area contributed by atoms with Gasteiger partial charge in [0.1, 0.15) is 0 Å². The quantitative estimate of drug-likeness (QED) is 0.831. The van der Waals surface area contributed by atoms with Gasteiger partial charge in [0.2, 0.25) is 0 Å². The van der Waals surface area contributed by atoms with Crippen molar-refractivity contribution in [2.75, 3.05) is 13.2 Å². The maximum absolute atomic E-state index is 10.0. The molecule has 0 aromatic carbocycles. The number of aliphatic hydroxyl groups excluding tert-OH is 2. The fraction of sp³-hybridized carbons (Fsp3) is 0.647. The lowest BCUT2D eigenvalue weighted by Gasteiger charge is -2.18. The SMILES string of the molecule is CC[C@H](O)c1cc2n(n1)CCCN(Cc1cn(CCO)nc1C)C2. The molecule has 0 spiro atoms. The first-order chi connectivity index (χ1) is 11.6. The predicted molar refractivity (Wildman–Crippen MR) is 90.3 cm³/mol. The lowest BCUT2D eigenvalue weighted by atomic mass is 10.2. The molecule has 1 aliphatic heterocycles. The molecule has 3 heterocycles. The molecular weight excluding hydrogens is 306 g/mol. The van der Waals surface area contributed by atoms with Gasteiger partial charge in [-0.2, -0.15) is 10.2 Å². The zero-order valence-electron chi connectivity index (χ0n) is 14.5. The van der Waals surface area contributed by atoms with E-state index in [1.807, 2.05) is 35.5 Å². The summed E-state index contributed by atoms with van der Waals surface area (Å²) in [5.74, 6) is 0. The molecule has 0 amide bonds. The number of hydrogen-bond donors (Lipinski definition) is 2. The van der Waals surface area contributed by atoms with Crippen LogP contribution in [-0.4, -0.2) is 47.8 Å². The second-order valence-corrected chi connectivity index (χ2v) is 6.50. The zero-order chi connectivity index (χ0) is 17.1. The smallest absolute Gasteiger partial charge is 0.0975 e. The molecule has 0 saturated carbocycles. The van der Waals surface area contributed by atoms with Gasteiger partial charge in [0, 0.05) is 37.9 Å². The molecule has 132 valence electrons. The third kappa shape index (κ3) is 3.68. The molecule has 0 fully saturated rings. The number of aryl methyl sites for hydroxylation is 2. The van der Waals surface area contributed by atoms with Gasteiger partial charge in [-0.1, -0.05) is 6.92 Å². The minimum Gasteiger partial charge on any atom is -0.394 e. The van der Waals surface area contributed by atoms with Crippen LogP contribution in [0.4, 0.5) is 0 Å². The van der Waals surface area contributed by atoms with Crippen molar-refractivity contribution in [2.24, 2.45) is 0 Å². The van der Waals surface area contributed by atoms with Gasteiger partial charge in [-0.3, -0.25) is 14.3 Å². The lowest BCUT2D eigenvalue weighted by molar-refractivity contribution is 0.167. The maximum atomic E-state index is 10.0. The maximum Gasteiger partial charge on any atom is 0.0975 e. The van der Waals surface area contributed by atoms with Crippen molar-refractivity contribution in [2.45, 2.75) is 59.0 Å². The molecule has 7 heteroatoms. The fourth-order valence-corrected chi connectivity index (χ4v) is 3.23. The summed E-state index contributed by atoms with van der Waals surface area (Å²) in [5.41, 5.74) is 4.16. The first-order valence-corrected chi connectivity index (χ1v) is 8.71. The van der Waals surface area contributed by atoms with Gasteiger partial charge in [0.05, 0.1) is 36.3 Å². The highest BCUT2D eigenvalue weighted by Gasteiger charge is 2.20. The molecule has 0 radical (unpaired) electrons. The zero-order valence-corrected chi connectivity index (χ0v) is 14.5. The van der Waals surface area contributed by atoms with Crippen molar-refractivity contribution in [1.82, 2.24) is 24.5 Å². The number of aliphatic hydroxyl groups is 2. The Morgan fingerprint density at radius 3 is 2.88 bits per heavy atom. The van der Waals surface area contributed by atoms with E-state index in [2.05, 4.69) is 15.1 Å². The van der Waals surface area contributed by atoms with Crippen LogP contribution in [0, 0.1) is 6.92 Å². The molecule has 0 aliphatic carbocycles. The summed E-state index contributed by atoms with van der Waals surface area (Å²) in [6.07, 6.45) is 3.28. The fourth-order valence-electron chi connectivity index (χ4n) is 3.23. The molecule has 7 nitrogen and oxygen atoms in total.